The number of rotatable bonds is 4. The smallest absolute Gasteiger partial charge is 0.250 e. The third kappa shape index (κ3) is 3.31. The molecule has 5 heterocycles. The van der Waals surface area contributed by atoms with Crippen LogP contribution in [0.1, 0.15) is 39.2 Å². The maximum Gasteiger partial charge on any atom is 0.250 e. The maximum atomic E-state index is 13.6. The van der Waals surface area contributed by atoms with Crippen LogP contribution in [0.4, 0.5) is 0 Å². The van der Waals surface area contributed by atoms with Crippen LogP contribution in [0.5, 0.6) is 0 Å². The van der Waals surface area contributed by atoms with Gasteiger partial charge in [-0.15, -0.1) is 0 Å². The van der Waals surface area contributed by atoms with E-state index in [1.807, 2.05) is 56.7 Å². The van der Waals surface area contributed by atoms with Crippen molar-refractivity contribution in [2.45, 2.75) is 50.7 Å². The first-order valence-electron chi connectivity index (χ1n) is 11.9. The molecule has 0 radical (unpaired) electrons. The SMILES string of the molecule is CC[C@]1(c2cccc(-c3cnn(-c4ccccn4)c3)c2)C2=CN=NC2NC2=C1C(=O)NC(C)(C)C2. The summed E-state index contributed by atoms with van der Waals surface area (Å²) in [6.45, 7) is 6.22. The number of benzene rings is 1. The van der Waals surface area contributed by atoms with Crippen LogP contribution in [0.2, 0.25) is 0 Å². The van der Waals surface area contributed by atoms with Crippen LogP contribution in [0.15, 0.2) is 94.3 Å². The van der Waals surface area contributed by atoms with Crippen molar-refractivity contribution in [1.82, 2.24) is 25.4 Å². The molecule has 0 bridgehead atoms. The lowest BCUT2D eigenvalue weighted by Crippen LogP contribution is -2.58. The predicted octanol–water partition coefficient (Wildman–Crippen LogP) is 4.41. The minimum absolute atomic E-state index is 0.0368. The zero-order chi connectivity index (χ0) is 24.2. The van der Waals surface area contributed by atoms with Crippen LogP contribution in [0, 0.1) is 0 Å². The Kier molecular flexibility index (Phi) is 4.74. The van der Waals surface area contributed by atoms with Crippen LogP contribution in [-0.4, -0.2) is 32.4 Å². The second-order valence-corrected chi connectivity index (χ2v) is 9.93. The Morgan fingerprint density at radius 1 is 1.14 bits per heavy atom. The van der Waals surface area contributed by atoms with Crippen molar-refractivity contribution in [1.29, 1.82) is 0 Å². The number of fused-ring (bicyclic) bond motifs is 1. The molecule has 0 aliphatic carbocycles. The van der Waals surface area contributed by atoms with E-state index in [4.69, 9.17) is 0 Å². The van der Waals surface area contributed by atoms with Gasteiger partial charge in [-0.1, -0.05) is 31.2 Å². The van der Waals surface area contributed by atoms with Gasteiger partial charge in [-0.05, 0) is 49.6 Å². The molecule has 35 heavy (non-hydrogen) atoms. The summed E-state index contributed by atoms with van der Waals surface area (Å²) >= 11 is 0. The van der Waals surface area contributed by atoms with E-state index >= 15 is 0 Å². The predicted molar refractivity (Wildman–Crippen MR) is 132 cm³/mol. The van der Waals surface area contributed by atoms with Gasteiger partial charge < -0.3 is 10.6 Å². The lowest BCUT2D eigenvalue weighted by molar-refractivity contribution is -0.120. The van der Waals surface area contributed by atoms with Gasteiger partial charge in [-0.25, -0.2) is 9.67 Å². The van der Waals surface area contributed by atoms with Crippen molar-refractivity contribution >= 4 is 5.91 Å². The molecule has 8 heteroatoms. The molecule has 8 nitrogen and oxygen atoms in total. The number of hydrogen-bond donors (Lipinski definition) is 2. The van der Waals surface area contributed by atoms with Crippen molar-refractivity contribution in [2.24, 2.45) is 10.2 Å². The highest BCUT2D eigenvalue weighted by Crippen LogP contribution is 2.51. The van der Waals surface area contributed by atoms with Crippen molar-refractivity contribution < 1.29 is 4.79 Å². The maximum absolute atomic E-state index is 13.6. The Hall–Kier alpha value is -4.07. The van der Waals surface area contributed by atoms with Gasteiger partial charge >= 0.3 is 0 Å². The van der Waals surface area contributed by atoms with E-state index in [0.29, 0.717) is 12.8 Å². The number of nitrogens with zero attached hydrogens (tertiary/aromatic N) is 5. The summed E-state index contributed by atoms with van der Waals surface area (Å²) in [5.74, 6) is 0.724. The molecule has 0 fully saturated rings. The fourth-order valence-corrected chi connectivity index (χ4v) is 5.66. The molecule has 2 N–H and O–H groups in total. The van der Waals surface area contributed by atoms with Crippen molar-refractivity contribution in [3.05, 3.63) is 89.7 Å². The molecule has 2 atom stereocenters. The highest BCUT2D eigenvalue weighted by atomic mass is 16.2. The summed E-state index contributed by atoms with van der Waals surface area (Å²) in [6.07, 6.45) is 8.57. The first kappa shape index (κ1) is 21.5. The molecule has 1 aromatic carbocycles. The van der Waals surface area contributed by atoms with E-state index in [9.17, 15) is 4.79 Å². The summed E-state index contributed by atoms with van der Waals surface area (Å²) in [4.78, 5) is 18.0. The summed E-state index contributed by atoms with van der Waals surface area (Å²) in [5, 5.41) is 19.9. The molecule has 2 aromatic heterocycles. The number of carbonyl (C=O) groups is 1. The number of pyridine rings is 1. The fraction of sp³-hybridized carbons (Fsp3) is 0.296. The Labute approximate surface area is 203 Å². The van der Waals surface area contributed by atoms with Gasteiger partial charge in [0.15, 0.2) is 12.0 Å². The third-order valence-electron chi connectivity index (χ3n) is 7.19. The van der Waals surface area contributed by atoms with Crippen molar-refractivity contribution in [3.8, 4) is 16.9 Å². The normalized spacial score (nSPS) is 24.4. The standard InChI is InChI=1S/C27H27N7O/c1-4-27(20-15-29-33-24(20)31-21-13-26(2,3)32-25(35)23(21)27)19-9-7-8-17(12-19)18-14-30-34(16-18)22-10-5-6-11-28-22/h5-12,14-16,24,31H,4,13H2,1-3H3,(H,32,35)/t24?,27-/m0/s1. The number of amides is 1. The minimum Gasteiger partial charge on any atom is -0.362 e. The summed E-state index contributed by atoms with van der Waals surface area (Å²) in [6, 6.07) is 14.1. The molecule has 3 aliphatic rings. The lowest BCUT2D eigenvalue weighted by atomic mass is 9.62. The van der Waals surface area contributed by atoms with E-state index in [0.717, 1.165) is 39.4 Å². The number of azo groups is 1. The Morgan fingerprint density at radius 2 is 2.03 bits per heavy atom. The quantitative estimate of drug-likeness (QED) is 0.596. The molecule has 176 valence electrons. The summed E-state index contributed by atoms with van der Waals surface area (Å²) in [7, 11) is 0. The largest absolute Gasteiger partial charge is 0.362 e. The topological polar surface area (TPSA) is 96.6 Å². The first-order chi connectivity index (χ1) is 16.9. The van der Waals surface area contributed by atoms with E-state index in [1.165, 1.54) is 0 Å². The van der Waals surface area contributed by atoms with Crippen LogP contribution < -0.4 is 10.6 Å². The molecule has 0 spiro atoms. The van der Waals surface area contributed by atoms with E-state index < -0.39 is 5.41 Å². The van der Waals surface area contributed by atoms with Gasteiger partial charge in [0, 0.05) is 41.2 Å². The zero-order valence-corrected chi connectivity index (χ0v) is 20.0. The number of aromatic nitrogens is 3. The molecule has 6 rings (SSSR count). The first-order valence-corrected chi connectivity index (χ1v) is 11.9. The van der Waals surface area contributed by atoms with Gasteiger partial charge in [-0.2, -0.15) is 15.3 Å². The molecule has 0 saturated heterocycles. The summed E-state index contributed by atoms with van der Waals surface area (Å²) < 4.78 is 1.77. The number of nitrogens with one attached hydrogen (secondary N) is 2. The highest BCUT2D eigenvalue weighted by molar-refractivity contribution is 6.00. The summed E-state index contributed by atoms with van der Waals surface area (Å²) in [5.41, 5.74) is 4.84. The van der Waals surface area contributed by atoms with Gasteiger partial charge in [0.1, 0.15) is 0 Å². The average Bonchev–Trinajstić information content (AvgIpc) is 3.53. The van der Waals surface area contributed by atoms with Gasteiger partial charge in [0.25, 0.3) is 5.91 Å². The van der Waals surface area contributed by atoms with Crippen molar-refractivity contribution in [2.75, 3.05) is 0 Å². The molecule has 0 saturated carbocycles. The Bertz CT molecular complexity index is 1420. The monoisotopic (exact) mass is 465 g/mol. The Morgan fingerprint density at radius 3 is 2.83 bits per heavy atom. The van der Waals surface area contributed by atoms with E-state index in [2.05, 4.69) is 56.1 Å². The van der Waals surface area contributed by atoms with Crippen LogP contribution >= 0.6 is 0 Å². The van der Waals surface area contributed by atoms with E-state index in [1.54, 1.807) is 10.9 Å². The second-order valence-electron chi connectivity index (χ2n) is 9.93. The molecule has 3 aromatic rings. The van der Waals surface area contributed by atoms with Crippen LogP contribution in [-0.2, 0) is 10.2 Å². The van der Waals surface area contributed by atoms with Gasteiger partial charge in [-0.3, -0.25) is 4.79 Å². The number of carbonyl (C=O) groups excluding carboxylic acids is 1. The molecular weight excluding hydrogens is 438 g/mol. The van der Waals surface area contributed by atoms with Crippen LogP contribution in [0.25, 0.3) is 16.9 Å². The minimum atomic E-state index is -0.623. The molecular formula is C27H27N7O. The van der Waals surface area contributed by atoms with Gasteiger partial charge in [0.05, 0.1) is 23.4 Å². The lowest BCUT2D eigenvalue weighted by Gasteiger charge is -2.48. The second kappa shape index (κ2) is 7.73. The molecule has 1 amide bonds. The third-order valence-corrected chi connectivity index (χ3v) is 7.19. The van der Waals surface area contributed by atoms with E-state index in [-0.39, 0.29) is 17.6 Å². The average molecular weight is 466 g/mol. The highest BCUT2D eigenvalue weighted by Gasteiger charge is 2.53. The van der Waals surface area contributed by atoms with Crippen LogP contribution in [0.3, 0.4) is 0 Å². The van der Waals surface area contributed by atoms with Gasteiger partial charge in [0.2, 0.25) is 0 Å². The van der Waals surface area contributed by atoms with Crippen molar-refractivity contribution in [3.63, 3.8) is 0 Å². The zero-order valence-electron chi connectivity index (χ0n) is 20.0. The fourth-order valence-electron chi connectivity index (χ4n) is 5.66. The molecule has 3 aliphatic heterocycles. The molecule has 1 unspecified atom stereocenters. The number of hydrogen-bond acceptors (Lipinski definition) is 6. The Balaban J connectivity index is 1.49.